The van der Waals surface area contributed by atoms with Gasteiger partial charge < -0.3 is 10.2 Å². The molecular formula is C9H7BrO4. The van der Waals surface area contributed by atoms with Crippen molar-refractivity contribution in [2.24, 2.45) is 0 Å². The summed E-state index contributed by atoms with van der Waals surface area (Å²) < 4.78 is 0.310. The molecule has 0 radical (unpaired) electrons. The van der Waals surface area contributed by atoms with E-state index < -0.39 is 11.9 Å². The van der Waals surface area contributed by atoms with Gasteiger partial charge >= 0.3 is 11.9 Å². The van der Waals surface area contributed by atoms with Crippen molar-refractivity contribution >= 4 is 27.9 Å². The average Bonchev–Trinajstić information content (AvgIpc) is 2.08. The van der Waals surface area contributed by atoms with E-state index in [2.05, 4.69) is 15.9 Å². The highest BCUT2D eigenvalue weighted by atomic mass is 79.9. The van der Waals surface area contributed by atoms with Crippen LogP contribution in [0.1, 0.15) is 26.3 Å². The molecule has 5 heteroatoms. The van der Waals surface area contributed by atoms with E-state index in [-0.39, 0.29) is 11.1 Å². The van der Waals surface area contributed by atoms with Crippen LogP contribution in [0.2, 0.25) is 0 Å². The van der Waals surface area contributed by atoms with Gasteiger partial charge in [-0.05, 0) is 40.5 Å². The lowest BCUT2D eigenvalue weighted by Crippen LogP contribution is -2.05. The minimum atomic E-state index is -1.09. The maximum Gasteiger partial charge on any atom is 0.336 e. The summed E-state index contributed by atoms with van der Waals surface area (Å²) in [6, 6.07) is 2.55. The maximum atomic E-state index is 10.7. The molecular weight excluding hydrogens is 252 g/mol. The minimum absolute atomic E-state index is 0.0625. The second-order valence-electron chi connectivity index (χ2n) is 2.71. The first-order valence-electron chi connectivity index (χ1n) is 3.71. The number of aromatic carboxylic acids is 2. The molecule has 0 aliphatic rings. The van der Waals surface area contributed by atoms with Crippen molar-refractivity contribution in [1.82, 2.24) is 0 Å². The molecule has 0 spiro atoms. The van der Waals surface area contributed by atoms with Gasteiger partial charge in [0, 0.05) is 4.47 Å². The van der Waals surface area contributed by atoms with Crippen molar-refractivity contribution in [3.63, 3.8) is 0 Å². The van der Waals surface area contributed by atoms with E-state index >= 15 is 0 Å². The topological polar surface area (TPSA) is 74.6 Å². The van der Waals surface area contributed by atoms with Crippen LogP contribution in [0.5, 0.6) is 0 Å². The quantitative estimate of drug-likeness (QED) is 0.853. The molecule has 1 rings (SSSR count). The number of carboxylic acid groups (broad SMARTS) is 2. The summed E-state index contributed by atoms with van der Waals surface area (Å²) in [5, 5.41) is 17.5. The highest BCUT2D eigenvalue weighted by Gasteiger charge is 2.15. The van der Waals surface area contributed by atoms with Crippen LogP contribution in [0.4, 0.5) is 0 Å². The Morgan fingerprint density at radius 1 is 1.14 bits per heavy atom. The molecule has 74 valence electrons. The summed E-state index contributed by atoms with van der Waals surface area (Å²) in [6.07, 6.45) is 0. The Balaban J connectivity index is 3.41. The minimum Gasteiger partial charge on any atom is -0.478 e. The summed E-state index contributed by atoms with van der Waals surface area (Å²) in [7, 11) is 0. The van der Waals surface area contributed by atoms with Crippen LogP contribution in [0.15, 0.2) is 16.6 Å². The lowest BCUT2D eigenvalue weighted by molar-refractivity contribution is 0.0679. The molecule has 0 fully saturated rings. The fraction of sp³-hybridized carbons (Fsp3) is 0.111. The molecule has 14 heavy (non-hydrogen) atoms. The van der Waals surface area contributed by atoms with Gasteiger partial charge in [-0.1, -0.05) is 0 Å². The van der Waals surface area contributed by atoms with Gasteiger partial charge in [-0.3, -0.25) is 0 Å². The van der Waals surface area contributed by atoms with Gasteiger partial charge in [0.2, 0.25) is 0 Å². The smallest absolute Gasteiger partial charge is 0.336 e. The third-order valence-electron chi connectivity index (χ3n) is 1.85. The van der Waals surface area contributed by atoms with E-state index in [0.717, 1.165) is 0 Å². The van der Waals surface area contributed by atoms with Crippen LogP contribution in [-0.2, 0) is 0 Å². The number of hydrogen-bond donors (Lipinski definition) is 2. The standard InChI is InChI=1S/C9H7BrO4/c1-4-5(8(11)12)2-3-6(7(4)10)9(13)14/h2-3H,1H3,(H,11,12)(H,13,14). The Hall–Kier alpha value is -1.36. The first-order valence-corrected chi connectivity index (χ1v) is 4.50. The van der Waals surface area contributed by atoms with Crippen molar-refractivity contribution in [2.45, 2.75) is 6.92 Å². The van der Waals surface area contributed by atoms with Crippen molar-refractivity contribution in [3.8, 4) is 0 Å². The molecule has 1 aromatic carbocycles. The number of halogens is 1. The van der Waals surface area contributed by atoms with Gasteiger partial charge in [0.1, 0.15) is 0 Å². The summed E-state index contributed by atoms with van der Waals surface area (Å²) in [5.41, 5.74) is 0.576. The van der Waals surface area contributed by atoms with Gasteiger partial charge in [0.05, 0.1) is 11.1 Å². The van der Waals surface area contributed by atoms with Crippen LogP contribution in [0.3, 0.4) is 0 Å². The van der Waals surface area contributed by atoms with Crippen molar-refractivity contribution in [2.75, 3.05) is 0 Å². The number of benzene rings is 1. The van der Waals surface area contributed by atoms with E-state index in [4.69, 9.17) is 10.2 Å². The van der Waals surface area contributed by atoms with E-state index in [1.54, 1.807) is 6.92 Å². The zero-order chi connectivity index (χ0) is 10.9. The second-order valence-corrected chi connectivity index (χ2v) is 3.50. The Labute approximate surface area is 88.3 Å². The van der Waals surface area contributed by atoms with Gasteiger partial charge in [0.25, 0.3) is 0 Å². The lowest BCUT2D eigenvalue weighted by Gasteiger charge is -2.05. The van der Waals surface area contributed by atoms with Crippen molar-refractivity contribution in [3.05, 3.63) is 33.3 Å². The van der Waals surface area contributed by atoms with E-state index in [9.17, 15) is 9.59 Å². The van der Waals surface area contributed by atoms with E-state index in [0.29, 0.717) is 10.0 Å². The van der Waals surface area contributed by atoms with Gasteiger partial charge in [-0.25, -0.2) is 9.59 Å². The van der Waals surface area contributed by atoms with Gasteiger partial charge in [-0.2, -0.15) is 0 Å². The Morgan fingerprint density at radius 2 is 1.57 bits per heavy atom. The monoisotopic (exact) mass is 258 g/mol. The predicted octanol–water partition coefficient (Wildman–Crippen LogP) is 2.15. The molecule has 0 amide bonds. The molecule has 2 N–H and O–H groups in total. The highest BCUT2D eigenvalue weighted by molar-refractivity contribution is 9.10. The first kappa shape index (κ1) is 10.7. The average molecular weight is 259 g/mol. The van der Waals surface area contributed by atoms with Crippen molar-refractivity contribution < 1.29 is 19.8 Å². The number of carboxylic acids is 2. The van der Waals surface area contributed by atoms with Crippen LogP contribution in [0, 0.1) is 6.92 Å². The molecule has 0 aliphatic heterocycles. The predicted molar refractivity (Wildman–Crippen MR) is 52.8 cm³/mol. The number of rotatable bonds is 2. The third kappa shape index (κ3) is 1.77. The van der Waals surface area contributed by atoms with Gasteiger partial charge in [0.15, 0.2) is 0 Å². The van der Waals surface area contributed by atoms with Crippen molar-refractivity contribution in [1.29, 1.82) is 0 Å². The summed E-state index contributed by atoms with van der Waals surface area (Å²) in [6.45, 7) is 1.56. The number of carbonyl (C=O) groups is 2. The fourth-order valence-corrected chi connectivity index (χ4v) is 1.60. The molecule has 1 aromatic rings. The number of hydrogen-bond acceptors (Lipinski definition) is 2. The van der Waals surface area contributed by atoms with Crippen LogP contribution >= 0.6 is 15.9 Å². The third-order valence-corrected chi connectivity index (χ3v) is 2.87. The molecule has 0 saturated carbocycles. The lowest BCUT2D eigenvalue weighted by atomic mass is 10.1. The Kier molecular flexibility index (Phi) is 2.90. The van der Waals surface area contributed by atoms with Crippen LogP contribution in [0.25, 0.3) is 0 Å². The normalized spacial score (nSPS) is 9.86. The Morgan fingerprint density at radius 3 is 2.00 bits per heavy atom. The molecule has 0 aliphatic carbocycles. The first-order chi connectivity index (χ1) is 6.45. The second kappa shape index (κ2) is 3.79. The fourth-order valence-electron chi connectivity index (χ4n) is 1.08. The molecule has 0 unspecified atom stereocenters. The molecule has 0 aromatic heterocycles. The SMILES string of the molecule is Cc1c(C(=O)O)ccc(C(=O)O)c1Br. The molecule has 0 saturated heterocycles. The van der Waals surface area contributed by atoms with Crippen LogP contribution < -0.4 is 0 Å². The Bertz CT molecular complexity index is 373. The molecule has 0 heterocycles. The maximum absolute atomic E-state index is 10.7. The largest absolute Gasteiger partial charge is 0.478 e. The molecule has 0 bridgehead atoms. The zero-order valence-corrected chi connectivity index (χ0v) is 8.83. The van der Waals surface area contributed by atoms with Gasteiger partial charge in [-0.15, -0.1) is 0 Å². The summed E-state index contributed by atoms with van der Waals surface area (Å²) >= 11 is 3.06. The summed E-state index contributed by atoms with van der Waals surface area (Å²) in [5.74, 6) is -2.16. The highest BCUT2D eigenvalue weighted by Crippen LogP contribution is 2.24. The zero-order valence-electron chi connectivity index (χ0n) is 7.24. The molecule has 0 atom stereocenters. The van der Waals surface area contributed by atoms with Crippen LogP contribution in [-0.4, -0.2) is 22.2 Å². The molecule has 4 nitrogen and oxygen atoms in total. The van der Waals surface area contributed by atoms with E-state index in [1.165, 1.54) is 12.1 Å². The van der Waals surface area contributed by atoms with E-state index in [1.807, 2.05) is 0 Å². The summed E-state index contributed by atoms with van der Waals surface area (Å²) in [4.78, 5) is 21.4.